The standard InChI is InChI=1S/2C10H14.C8H18N2.C8H9NO.C2H6/c2*1-9(2)8-10-6-4-3-5-7-10;1-9-5-8-10-6-3-2-4-7-10;1-9-8(10)7-5-3-2-4-6-7;1-2/h2*3-7,9H,8H2,1-2H3;9H,2-8H2,1H3;2-6H,1H3,(H,9,10);1-2H3. The Hall–Kier alpha value is -2.95. The highest BCUT2D eigenvalue weighted by atomic mass is 16.1. The van der Waals surface area contributed by atoms with E-state index in [0.29, 0.717) is 5.56 Å². The van der Waals surface area contributed by atoms with Crippen molar-refractivity contribution in [3.63, 3.8) is 0 Å². The smallest absolute Gasteiger partial charge is 0.251 e. The van der Waals surface area contributed by atoms with E-state index in [-0.39, 0.29) is 5.91 Å². The minimum atomic E-state index is -0.0411. The molecule has 1 saturated heterocycles. The Labute approximate surface area is 259 Å². The quantitative estimate of drug-likeness (QED) is 0.283. The van der Waals surface area contributed by atoms with Crippen molar-refractivity contribution in [1.82, 2.24) is 15.5 Å². The van der Waals surface area contributed by atoms with Gasteiger partial charge in [-0.1, -0.05) is 127 Å². The number of piperidine rings is 1. The molecule has 0 bridgehead atoms. The van der Waals surface area contributed by atoms with Crippen LogP contribution in [-0.2, 0) is 12.8 Å². The molecule has 3 aromatic carbocycles. The van der Waals surface area contributed by atoms with E-state index >= 15 is 0 Å². The summed E-state index contributed by atoms with van der Waals surface area (Å²) in [6.07, 6.45) is 6.64. The number of amides is 1. The molecule has 234 valence electrons. The lowest BCUT2D eigenvalue weighted by Crippen LogP contribution is -2.34. The SMILES string of the molecule is CC.CC(C)Cc1ccccc1.CC(C)Cc1ccccc1.CNC(=O)c1ccccc1.CNCCN1CCCCC1. The van der Waals surface area contributed by atoms with Gasteiger partial charge < -0.3 is 15.5 Å². The molecule has 4 rings (SSSR count). The van der Waals surface area contributed by atoms with Crippen molar-refractivity contribution in [3.05, 3.63) is 108 Å². The molecule has 42 heavy (non-hydrogen) atoms. The molecule has 0 radical (unpaired) electrons. The van der Waals surface area contributed by atoms with Crippen LogP contribution in [0.5, 0.6) is 0 Å². The molecule has 3 aromatic rings. The van der Waals surface area contributed by atoms with Crippen molar-refractivity contribution in [3.8, 4) is 0 Å². The number of benzene rings is 3. The second kappa shape index (κ2) is 26.9. The average Bonchev–Trinajstić information content (AvgIpc) is 3.03. The second-order valence-electron chi connectivity index (χ2n) is 11.1. The first-order valence-corrected chi connectivity index (χ1v) is 16.1. The molecule has 1 amide bonds. The molecule has 0 spiro atoms. The minimum Gasteiger partial charge on any atom is -0.355 e. The number of rotatable bonds is 8. The fourth-order valence-corrected chi connectivity index (χ4v) is 4.36. The van der Waals surface area contributed by atoms with Crippen molar-refractivity contribution < 1.29 is 4.79 Å². The van der Waals surface area contributed by atoms with E-state index in [9.17, 15) is 4.79 Å². The maximum Gasteiger partial charge on any atom is 0.251 e. The van der Waals surface area contributed by atoms with Gasteiger partial charge in [-0.15, -0.1) is 0 Å². The predicted molar refractivity (Wildman–Crippen MR) is 185 cm³/mol. The molecule has 1 fully saturated rings. The maximum atomic E-state index is 10.9. The second-order valence-corrected chi connectivity index (χ2v) is 11.1. The zero-order valence-electron chi connectivity index (χ0n) is 28.0. The largest absolute Gasteiger partial charge is 0.355 e. The van der Waals surface area contributed by atoms with Crippen LogP contribution in [0.4, 0.5) is 0 Å². The molecule has 0 aromatic heterocycles. The topological polar surface area (TPSA) is 44.4 Å². The van der Waals surface area contributed by atoms with E-state index in [1.165, 1.54) is 62.9 Å². The van der Waals surface area contributed by atoms with Crippen molar-refractivity contribution in [2.75, 3.05) is 40.3 Å². The monoisotopic (exact) mass is 575 g/mol. The van der Waals surface area contributed by atoms with Crippen molar-refractivity contribution >= 4 is 5.91 Å². The Morgan fingerprint density at radius 2 is 1.07 bits per heavy atom. The summed E-state index contributed by atoms with van der Waals surface area (Å²) in [6, 6.07) is 30.3. The number of hydrogen-bond acceptors (Lipinski definition) is 3. The zero-order valence-corrected chi connectivity index (χ0v) is 28.0. The first-order chi connectivity index (χ1) is 20.3. The van der Waals surface area contributed by atoms with Crippen LogP contribution in [0.2, 0.25) is 0 Å². The van der Waals surface area contributed by atoms with Gasteiger partial charge in [-0.05, 0) is 80.9 Å². The number of hydrogen-bond donors (Lipinski definition) is 2. The van der Waals surface area contributed by atoms with Gasteiger partial charge in [-0.3, -0.25) is 4.79 Å². The summed E-state index contributed by atoms with van der Waals surface area (Å²) in [7, 11) is 3.64. The molecule has 4 heteroatoms. The number of carbonyl (C=O) groups excluding carboxylic acids is 1. The molecular weight excluding hydrogens is 514 g/mol. The predicted octanol–water partition coefficient (Wildman–Crippen LogP) is 8.53. The molecule has 0 aliphatic carbocycles. The summed E-state index contributed by atoms with van der Waals surface area (Å²) >= 11 is 0. The van der Waals surface area contributed by atoms with Crippen molar-refractivity contribution in [1.29, 1.82) is 0 Å². The highest BCUT2D eigenvalue weighted by Gasteiger charge is 2.07. The van der Waals surface area contributed by atoms with Crippen LogP contribution >= 0.6 is 0 Å². The molecular formula is C38H61N3O. The third-order valence-corrected chi connectivity index (χ3v) is 6.36. The summed E-state index contributed by atoms with van der Waals surface area (Å²) < 4.78 is 0. The number of nitrogens with one attached hydrogen (secondary N) is 2. The van der Waals surface area contributed by atoms with Crippen LogP contribution in [0.3, 0.4) is 0 Å². The number of carbonyl (C=O) groups is 1. The first-order valence-electron chi connectivity index (χ1n) is 16.1. The Kier molecular flexibility index (Phi) is 25.0. The van der Waals surface area contributed by atoms with Crippen LogP contribution in [0, 0.1) is 11.8 Å². The van der Waals surface area contributed by atoms with Crippen LogP contribution < -0.4 is 10.6 Å². The van der Waals surface area contributed by atoms with Gasteiger partial charge >= 0.3 is 0 Å². The lowest BCUT2D eigenvalue weighted by Gasteiger charge is -2.25. The van der Waals surface area contributed by atoms with Crippen molar-refractivity contribution in [2.24, 2.45) is 11.8 Å². The fourth-order valence-electron chi connectivity index (χ4n) is 4.36. The molecule has 0 unspecified atom stereocenters. The Balaban J connectivity index is 0.000000523. The first kappa shape index (κ1) is 39.0. The number of likely N-dealkylation sites (tertiary alicyclic amines) is 1. The molecule has 1 heterocycles. The molecule has 0 saturated carbocycles. The van der Waals surface area contributed by atoms with E-state index in [1.54, 1.807) is 19.2 Å². The number of nitrogens with zero attached hydrogens (tertiary/aromatic N) is 1. The van der Waals surface area contributed by atoms with Crippen LogP contribution in [0.15, 0.2) is 91.0 Å². The van der Waals surface area contributed by atoms with Gasteiger partial charge in [0.25, 0.3) is 5.91 Å². The Bertz CT molecular complexity index is 923. The van der Waals surface area contributed by atoms with Gasteiger partial charge in [0.05, 0.1) is 0 Å². The van der Waals surface area contributed by atoms with Gasteiger partial charge in [0.15, 0.2) is 0 Å². The van der Waals surface area contributed by atoms with Crippen LogP contribution in [0.25, 0.3) is 0 Å². The molecule has 1 aliphatic rings. The van der Waals surface area contributed by atoms with Gasteiger partial charge in [0, 0.05) is 25.7 Å². The van der Waals surface area contributed by atoms with Crippen LogP contribution in [0.1, 0.15) is 82.3 Å². The maximum absolute atomic E-state index is 10.9. The van der Waals surface area contributed by atoms with Gasteiger partial charge in [-0.25, -0.2) is 0 Å². The fraction of sp³-hybridized carbons (Fsp3) is 0.500. The molecule has 2 N–H and O–H groups in total. The van der Waals surface area contributed by atoms with E-state index in [1.807, 2.05) is 39.1 Å². The van der Waals surface area contributed by atoms with E-state index in [2.05, 4.69) is 104 Å². The summed E-state index contributed by atoms with van der Waals surface area (Å²) in [4.78, 5) is 13.4. The summed E-state index contributed by atoms with van der Waals surface area (Å²) in [5.74, 6) is 1.49. The third kappa shape index (κ3) is 21.8. The summed E-state index contributed by atoms with van der Waals surface area (Å²) in [5, 5.41) is 5.72. The summed E-state index contributed by atoms with van der Waals surface area (Å²) in [6.45, 7) is 18.0. The normalized spacial score (nSPS) is 12.2. The van der Waals surface area contributed by atoms with Gasteiger partial charge in [0.2, 0.25) is 0 Å². The van der Waals surface area contributed by atoms with E-state index in [4.69, 9.17) is 0 Å². The van der Waals surface area contributed by atoms with Crippen LogP contribution in [-0.4, -0.2) is 51.1 Å². The van der Waals surface area contributed by atoms with E-state index in [0.717, 1.165) is 18.4 Å². The van der Waals surface area contributed by atoms with Crippen molar-refractivity contribution in [2.45, 2.75) is 73.6 Å². The van der Waals surface area contributed by atoms with Gasteiger partial charge in [0.1, 0.15) is 0 Å². The molecule has 1 aliphatic heterocycles. The lowest BCUT2D eigenvalue weighted by molar-refractivity contribution is 0.0963. The number of likely N-dealkylation sites (N-methyl/N-ethyl adjacent to an activating group) is 1. The Morgan fingerprint density at radius 3 is 1.43 bits per heavy atom. The summed E-state index contributed by atoms with van der Waals surface area (Å²) in [5.41, 5.74) is 3.58. The highest BCUT2D eigenvalue weighted by Crippen LogP contribution is 2.08. The van der Waals surface area contributed by atoms with E-state index < -0.39 is 0 Å². The molecule has 4 nitrogen and oxygen atoms in total. The Morgan fingerprint density at radius 1 is 0.667 bits per heavy atom. The average molecular weight is 576 g/mol. The third-order valence-electron chi connectivity index (χ3n) is 6.36. The lowest BCUT2D eigenvalue weighted by atomic mass is 10.0. The highest BCUT2D eigenvalue weighted by molar-refractivity contribution is 5.93. The zero-order chi connectivity index (χ0) is 31.4. The molecule has 0 atom stereocenters. The minimum absolute atomic E-state index is 0.0411. The van der Waals surface area contributed by atoms with Gasteiger partial charge in [-0.2, -0.15) is 0 Å².